The number of nitrogens with one attached hydrogen (secondary N) is 1. The van der Waals surface area contributed by atoms with Gasteiger partial charge in [-0.25, -0.2) is 0 Å². The Kier molecular flexibility index (Phi) is 4.89. The molecule has 0 spiro atoms. The molecule has 0 aliphatic carbocycles. The van der Waals surface area contributed by atoms with E-state index in [1.807, 2.05) is 29.3 Å². The van der Waals surface area contributed by atoms with Crippen molar-refractivity contribution in [2.45, 2.75) is 0 Å². The number of aromatic nitrogens is 1. The molecule has 0 aliphatic heterocycles. The highest BCUT2D eigenvalue weighted by Gasteiger charge is 2.14. The zero-order valence-electron chi connectivity index (χ0n) is 11.0. The molecule has 0 saturated carbocycles. The van der Waals surface area contributed by atoms with Gasteiger partial charge in [0.1, 0.15) is 0 Å². The van der Waals surface area contributed by atoms with Crippen LogP contribution in [0.2, 0.25) is 5.02 Å². The number of nitrogen functional groups attached to an aromatic ring is 1. The van der Waals surface area contributed by atoms with E-state index in [-0.39, 0.29) is 13.2 Å². The van der Waals surface area contributed by atoms with E-state index in [4.69, 9.17) is 27.5 Å². The van der Waals surface area contributed by atoms with Crippen molar-refractivity contribution in [2.24, 2.45) is 0 Å². The molecule has 108 valence electrons. The van der Waals surface area contributed by atoms with Gasteiger partial charge in [-0.2, -0.15) is 0 Å². The van der Waals surface area contributed by atoms with Crippen LogP contribution in [0, 0.1) is 0 Å². The number of aliphatic hydroxyl groups is 2. The SMILES string of the molecule is Nc1cc(Cl)c(N(CCO)CCO)cc1-c1ccc[nH]1. The van der Waals surface area contributed by atoms with Gasteiger partial charge >= 0.3 is 0 Å². The number of benzene rings is 1. The van der Waals surface area contributed by atoms with Crippen LogP contribution in [0.4, 0.5) is 11.4 Å². The molecule has 2 aromatic rings. The van der Waals surface area contributed by atoms with E-state index in [0.717, 1.165) is 16.9 Å². The molecule has 6 heteroatoms. The number of hydrogen-bond donors (Lipinski definition) is 4. The fourth-order valence-corrected chi connectivity index (χ4v) is 2.44. The minimum atomic E-state index is -0.0153. The standard InChI is InChI=1S/C14H18ClN3O2/c15-11-9-12(16)10(13-2-1-3-17-13)8-14(11)18(4-6-19)5-7-20/h1-3,8-9,17,19-20H,4-7,16H2. The smallest absolute Gasteiger partial charge is 0.0660 e. The van der Waals surface area contributed by atoms with Crippen molar-refractivity contribution in [3.05, 3.63) is 35.5 Å². The summed E-state index contributed by atoms with van der Waals surface area (Å²) in [5.74, 6) is 0. The number of H-pyrrole nitrogens is 1. The molecule has 1 heterocycles. The highest BCUT2D eigenvalue weighted by atomic mass is 35.5. The molecule has 1 aromatic heterocycles. The van der Waals surface area contributed by atoms with Crippen molar-refractivity contribution in [3.63, 3.8) is 0 Å². The molecule has 0 unspecified atom stereocenters. The van der Waals surface area contributed by atoms with E-state index >= 15 is 0 Å². The van der Waals surface area contributed by atoms with Crippen LogP contribution in [0.3, 0.4) is 0 Å². The van der Waals surface area contributed by atoms with E-state index in [9.17, 15) is 0 Å². The summed E-state index contributed by atoms with van der Waals surface area (Å²) in [6, 6.07) is 7.37. The third-order valence-electron chi connectivity index (χ3n) is 3.09. The normalized spacial score (nSPS) is 10.8. The first-order valence-corrected chi connectivity index (χ1v) is 6.74. The minimum absolute atomic E-state index is 0.0153. The van der Waals surface area contributed by atoms with Gasteiger partial charge in [-0.15, -0.1) is 0 Å². The molecular weight excluding hydrogens is 278 g/mol. The lowest BCUT2D eigenvalue weighted by atomic mass is 10.1. The van der Waals surface area contributed by atoms with Gasteiger partial charge in [0.25, 0.3) is 0 Å². The second-order valence-corrected chi connectivity index (χ2v) is 4.82. The Morgan fingerprint density at radius 3 is 2.45 bits per heavy atom. The molecule has 0 bridgehead atoms. The van der Waals surface area contributed by atoms with E-state index in [2.05, 4.69) is 4.98 Å². The van der Waals surface area contributed by atoms with E-state index in [1.165, 1.54) is 0 Å². The molecule has 0 aliphatic rings. The molecular formula is C14H18ClN3O2. The lowest BCUT2D eigenvalue weighted by Crippen LogP contribution is -2.30. The van der Waals surface area contributed by atoms with Crippen LogP contribution < -0.4 is 10.6 Å². The predicted octanol–water partition coefficient (Wildman–Crippen LogP) is 1.71. The molecule has 0 saturated heterocycles. The summed E-state index contributed by atoms with van der Waals surface area (Å²) in [5.41, 5.74) is 9.07. The molecule has 0 amide bonds. The van der Waals surface area contributed by atoms with Crippen molar-refractivity contribution in [1.29, 1.82) is 0 Å². The van der Waals surface area contributed by atoms with Gasteiger partial charge in [0, 0.05) is 36.2 Å². The summed E-state index contributed by atoms with van der Waals surface area (Å²) in [4.78, 5) is 4.93. The summed E-state index contributed by atoms with van der Waals surface area (Å²) in [7, 11) is 0. The Bertz CT molecular complexity index is 552. The summed E-state index contributed by atoms with van der Waals surface area (Å²) in [5, 5.41) is 18.8. The highest BCUT2D eigenvalue weighted by Crippen LogP contribution is 2.35. The summed E-state index contributed by atoms with van der Waals surface area (Å²) >= 11 is 6.23. The average Bonchev–Trinajstić information content (AvgIpc) is 2.92. The zero-order valence-corrected chi connectivity index (χ0v) is 11.8. The predicted molar refractivity (Wildman–Crippen MR) is 82.0 cm³/mol. The molecule has 5 N–H and O–H groups in total. The molecule has 0 radical (unpaired) electrons. The first kappa shape index (κ1) is 14.7. The lowest BCUT2D eigenvalue weighted by Gasteiger charge is -2.25. The number of aromatic amines is 1. The summed E-state index contributed by atoms with van der Waals surface area (Å²) in [6.07, 6.45) is 1.82. The monoisotopic (exact) mass is 295 g/mol. The third-order valence-corrected chi connectivity index (χ3v) is 3.39. The molecule has 2 rings (SSSR count). The second-order valence-electron chi connectivity index (χ2n) is 4.41. The first-order chi connectivity index (χ1) is 9.67. The second kappa shape index (κ2) is 6.65. The van der Waals surface area contributed by atoms with Crippen LogP contribution in [0.5, 0.6) is 0 Å². The average molecular weight is 296 g/mol. The Morgan fingerprint density at radius 2 is 1.90 bits per heavy atom. The van der Waals surface area contributed by atoms with Crippen molar-refractivity contribution < 1.29 is 10.2 Å². The maximum absolute atomic E-state index is 9.13. The van der Waals surface area contributed by atoms with Crippen LogP contribution in [0.1, 0.15) is 0 Å². The van der Waals surface area contributed by atoms with Gasteiger partial charge in [0.15, 0.2) is 0 Å². The van der Waals surface area contributed by atoms with Crippen molar-refractivity contribution in [3.8, 4) is 11.3 Å². The first-order valence-electron chi connectivity index (χ1n) is 6.36. The Balaban J connectivity index is 2.44. The molecule has 0 atom stereocenters. The van der Waals surface area contributed by atoms with Gasteiger partial charge in [0.05, 0.1) is 23.9 Å². The topological polar surface area (TPSA) is 85.5 Å². The van der Waals surface area contributed by atoms with E-state index in [0.29, 0.717) is 23.8 Å². The number of aliphatic hydroxyl groups excluding tert-OH is 2. The Hall–Kier alpha value is -1.69. The number of hydrogen-bond acceptors (Lipinski definition) is 4. The summed E-state index contributed by atoms with van der Waals surface area (Å²) < 4.78 is 0. The fraction of sp³-hybridized carbons (Fsp3) is 0.286. The minimum Gasteiger partial charge on any atom is -0.398 e. The maximum Gasteiger partial charge on any atom is 0.0660 e. The van der Waals surface area contributed by atoms with Crippen LogP contribution in [-0.2, 0) is 0 Å². The van der Waals surface area contributed by atoms with Gasteiger partial charge < -0.3 is 25.8 Å². The van der Waals surface area contributed by atoms with Crippen LogP contribution >= 0.6 is 11.6 Å². The Labute approximate surface area is 122 Å². The number of halogens is 1. The van der Waals surface area contributed by atoms with Crippen LogP contribution in [0.25, 0.3) is 11.3 Å². The van der Waals surface area contributed by atoms with Gasteiger partial charge in [0.2, 0.25) is 0 Å². The largest absolute Gasteiger partial charge is 0.398 e. The quantitative estimate of drug-likeness (QED) is 0.611. The van der Waals surface area contributed by atoms with Crippen molar-refractivity contribution in [1.82, 2.24) is 4.98 Å². The number of anilines is 2. The van der Waals surface area contributed by atoms with Gasteiger partial charge in [-0.05, 0) is 24.3 Å². The maximum atomic E-state index is 9.13. The summed E-state index contributed by atoms with van der Waals surface area (Å²) in [6.45, 7) is 0.764. The molecule has 0 fully saturated rings. The van der Waals surface area contributed by atoms with Gasteiger partial charge in [-0.3, -0.25) is 0 Å². The number of nitrogens with two attached hydrogens (primary N) is 1. The lowest BCUT2D eigenvalue weighted by molar-refractivity contribution is 0.281. The number of nitrogens with zero attached hydrogens (tertiary/aromatic N) is 1. The van der Waals surface area contributed by atoms with E-state index in [1.54, 1.807) is 6.07 Å². The van der Waals surface area contributed by atoms with Crippen LogP contribution in [0.15, 0.2) is 30.5 Å². The van der Waals surface area contributed by atoms with Crippen molar-refractivity contribution >= 4 is 23.0 Å². The zero-order chi connectivity index (χ0) is 14.5. The van der Waals surface area contributed by atoms with Crippen LogP contribution in [-0.4, -0.2) is 41.5 Å². The van der Waals surface area contributed by atoms with Crippen molar-refractivity contribution in [2.75, 3.05) is 36.9 Å². The fourth-order valence-electron chi connectivity index (χ4n) is 2.14. The number of rotatable bonds is 6. The van der Waals surface area contributed by atoms with Gasteiger partial charge in [-0.1, -0.05) is 11.6 Å². The Morgan fingerprint density at radius 1 is 1.20 bits per heavy atom. The molecule has 5 nitrogen and oxygen atoms in total. The van der Waals surface area contributed by atoms with E-state index < -0.39 is 0 Å². The third kappa shape index (κ3) is 3.07. The molecule has 20 heavy (non-hydrogen) atoms. The molecule has 1 aromatic carbocycles. The highest BCUT2D eigenvalue weighted by molar-refractivity contribution is 6.33.